The maximum absolute atomic E-state index is 5.80. The third-order valence-electron chi connectivity index (χ3n) is 4.62. The Morgan fingerprint density at radius 3 is 2.76 bits per heavy atom. The fraction of sp³-hybridized carbons (Fsp3) is 0.824. The summed E-state index contributed by atoms with van der Waals surface area (Å²) < 4.78 is 5.80. The van der Waals surface area contributed by atoms with Crippen LogP contribution in [0, 0.1) is 19.8 Å². The molecular formula is C17H31N3O. The van der Waals surface area contributed by atoms with E-state index in [0.717, 1.165) is 31.2 Å². The lowest BCUT2D eigenvalue weighted by molar-refractivity contribution is -0.0759. The molecule has 1 fully saturated rings. The van der Waals surface area contributed by atoms with Crippen LogP contribution in [0.1, 0.15) is 50.1 Å². The van der Waals surface area contributed by atoms with Gasteiger partial charge in [-0.25, -0.2) is 0 Å². The number of hydrogen-bond acceptors (Lipinski definition) is 3. The molecule has 0 aliphatic carbocycles. The van der Waals surface area contributed by atoms with Gasteiger partial charge in [0.25, 0.3) is 0 Å². The molecule has 1 aliphatic rings. The van der Waals surface area contributed by atoms with Crippen molar-refractivity contribution in [3.05, 3.63) is 17.0 Å². The largest absolute Gasteiger partial charge is 0.376 e. The van der Waals surface area contributed by atoms with Crippen LogP contribution in [0.4, 0.5) is 0 Å². The number of aryl methyl sites for hydroxylation is 2. The molecule has 0 radical (unpaired) electrons. The molecule has 0 spiro atoms. The van der Waals surface area contributed by atoms with E-state index in [1.807, 2.05) is 0 Å². The molecule has 2 rings (SSSR count). The number of nitrogens with one attached hydrogen (secondary N) is 1. The summed E-state index contributed by atoms with van der Waals surface area (Å²) in [5.74, 6) is 0.774. The first-order valence-electron chi connectivity index (χ1n) is 8.20. The van der Waals surface area contributed by atoms with Crippen LogP contribution < -0.4 is 0 Å². The van der Waals surface area contributed by atoms with Crippen LogP contribution in [0.2, 0.25) is 0 Å². The van der Waals surface area contributed by atoms with Gasteiger partial charge in [-0.1, -0.05) is 0 Å². The lowest BCUT2D eigenvalue weighted by atomic mass is 9.88. The van der Waals surface area contributed by atoms with Crippen molar-refractivity contribution in [2.24, 2.45) is 5.92 Å². The maximum atomic E-state index is 5.80. The monoisotopic (exact) mass is 293 g/mol. The van der Waals surface area contributed by atoms with Crippen LogP contribution in [0.3, 0.4) is 0 Å². The van der Waals surface area contributed by atoms with E-state index in [1.165, 1.54) is 37.1 Å². The van der Waals surface area contributed by atoms with Gasteiger partial charge in [-0.15, -0.1) is 0 Å². The topological polar surface area (TPSA) is 41.2 Å². The molecule has 4 nitrogen and oxygen atoms in total. The molecule has 0 aromatic carbocycles. The van der Waals surface area contributed by atoms with Gasteiger partial charge in [0.15, 0.2) is 0 Å². The van der Waals surface area contributed by atoms with Crippen molar-refractivity contribution in [3.63, 3.8) is 0 Å². The first-order chi connectivity index (χ1) is 9.87. The number of nitrogens with zero attached hydrogens (tertiary/aromatic N) is 2. The minimum atomic E-state index is 0.0643. The van der Waals surface area contributed by atoms with E-state index >= 15 is 0 Å². The lowest BCUT2D eigenvalue weighted by Gasteiger charge is -2.37. The lowest BCUT2D eigenvalue weighted by Crippen LogP contribution is -2.38. The van der Waals surface area contributed by atoms with Gasteiger partial charge in [0, 0.05) is 18.8 Å². The molecule has 4 heteroatoms. The summed E-state index contributed by atoms with van der Waals surface area (Å²) in [5.41, 5.74) is 3.84. The Kier molecular flexibility index (Phi) is 5.44. The van der Waals surface area contributed by atoms with E-state index in [-0.39, 0.29) is 5.60 Å². The molecule has 1 aromatic rings. The highest BCUT2D eigenvalue weighted by molar-refractivity contribution is 5.23. The van der Waals surface area contributed by atoms with Crippen molar-refractivity contribution in [3.8, 4) is 0 Å². The Morgan fingerprint density at radius 2 is 2.14 bits per heavy atom. The molecule has 120 valence electrons. The molecule has 0 amide bonds. The smallest absolute Gasteiger partial charge is 0.0629 e. The first kappa shape index (κ1) is 16.5. The predicted molar refractivity (Wildman–Crippen MR) is 86.6 cm³/mol. The summed E-state index contributed by atoms with van der Waals surface area (Å²) in [5, 5.41) is 7.34. The molecule has 0 bridgehead atoms. The van der Waals surface area contributed by atoms with Crippen LogP contribution in [0.15, 0.2) is 0 Å². The van der Waals surface area contributed by atoms with Crippen molar-refractivity contribution in [1.82, 2.24) is 15.1 Å². The van der Waals surface area contributed by atoms with E-state index in [2.05, 4.69) is 49.8 Å². The number of H-pyrrole nitrogens is 1. The fourth-order valence-corrected chi connectivity index (χ4v) is 3.51. The maximum Gasteiger partial charge on any atom is 0.0629 e. The van der Waals surface area contributed by atoms with Gasteiger partial charge in [0.1, 0.15) is 0 Å². The third-order valence-corrected chi connectivity index (χ3v) is 4.62. The summed E-state index contributed by atoms with van der Waals surface area (Å²) in [6.07, 6.45) is 4.70. The Bertz CT molecular complexity index is 433. The van der Waals surface area contributed by atoms with Crippen LogP contribution in [-0.2, 0) is 11.2 Å². The normalized spacial score (nSPS) is 21.9. The van der Waals surface area contributed by atoms with Crippen LogP contribution >= 0.6 is 0 Å². The summed E-state index contributed by atoms with van der Waals surface area (Å²) in [6.45, 7) is 11.9. The van der Waals surface area contributed by atoms with Crippen molar-refractivity contribution >= 4 is 0 Å². The van der Waals surface area contributed by atoms with Gasteiger partial charge < -0.3 is 9.64 Å². The van der Waals surface area contributed by atoms with Crippen LogP contribution in [-0.4, -0.2) is 47.4 Å². The Labute approximate surface area is 129 Å². The molecule has 1 aromatic heterocycles. The molecule has 1 atom stereocenters. The minimum Gasteiger partial charge on any atom is -0.376 e. The second-order valence-electron chi connectivity index (χ2n) is 7.25. The Morgan fingerprint density at radius 1 is 1.38 bits per heavy atom. The average molecular weight is 293 g/mol. The summed E-state index contributed by atoms with van der Waals surface area (Å²) in [4.78, 5) is 2.48. The van der Waals surface area contributed by atoms with E-state index in [0.29, 0.717) is 0 Å². The number of rotatable bonds is 6. The van der Waals surface area contributed by atoms with Gasteiger partial charge in [0.05, 0.1) is 11.3 Å². The summed E-state index contributed by atoms with van der Waals surface area (Å²) in [7, 11) is 2.25. The summed E-state index contributed by atoms with van der Waals surface area (Å²) in [6, 6.07) is 0. The second-order valence-corrected chi connectivity index (χ2v) is 7.25. The van der Waals surface area contributed by atoms with Gasteiger partial charge in [0.2, 0.25) is 0 Å². The first-order valence-corrected chi connectivity index (χ1v) is 8.20. The average Bonchev–Trinajstić information content (AvgIpc) is 2.69. The highest BCUT2D eigenvalue weighted by atomic mass is 16.5. The molecule has 2 heterocycles. The quantitative estimate of drug-likeness (QED) is 0.876. The van der Waals surface area contributed by atoms with E-state index in [9.17, 15) is 0 Å². The predicted octanol–water partition coefficient (Wildman–Crippen LogP) is 3.10. The van der Waals surface area contributed by atoms with Crippen molar-refractivity contribution in [1.29, 1.82) is 0 Å². The standard InChI is InChI=1S/C17H31N3O/c1-13-16(14(2)19-18-13)7-6-9-20(5)12-15-8-10-21-17(3,4)11-15/h15H,6-12H2,1-5H3,(H,18,19)/t15-/m0/s1. The molecule has 0 saturated carbocycles. The van der Waals surface area contributed by atoms with Gasteiger partial charge >= 0.3 is 0 Å². The third kappa shape index (κ3) is 4.82. The van der Waals surface area contributed by atoms with Gasteiger partial charge in [-0.3, -0.25) is 5.10 Å². The molecule has 21 heavy (non-hydrogen) atoms. The Hall–Kier alpha value is -0.870. The van der Waals surface area contributed by atoms with Crippen LogP contribution in [0.5, 0.6) is 0 Å². The molecule has 1 saturated heterocycles. The van der Waals surface area contributed by atoms with Gasteiger partial charge in [-0.2, -0.15) is 5.10 Å². The number of aromatic amines is 1. The zero-order chi connectivity index (χ0) is 15.5. The number of ether oxygens (including phenoxy) is 1. The highest BCUT2D eigenvalue weighted by Gasteiger charge is 2.29. The summed E-state index contributed by atoms with van der Waals surface area (Å²) >= 11 is 0. The van der Waals surface area contributed by atoms with E-state index in [1.54, 1.807) is 0 Å². The van der Waals surface area contributed by atoms with Gasteiger partial charge in [-0.05, 0) is 78.5 Å². The zero-order valence-corrected chi connectivity index (χ0v) is 14.3. The van der Waals surface area contributed by atoms with E-state index < -0.39 is 0 Å². The second kappa shape index (κ2) is 6.93. The molecule has 1 aliphatic heterocycles. The molecular weight excluding hydrogens is 262 g/mol. The number of hydrogen-bond donors (Lipinski definition) is 1. The molecule has 0 unspecified atom stereocenters. The Balaban J connectivity index is 1.71. The van der Waals surface area contributed by atoms with Crippen molar-refractivity contribution < 1.29 is 4.74 Å². The SMILES string of the molecule is Cc1n[nH]c(C)c1CCCN(C)C[C@H]1CCOC(C)(C)C1. The minimum absolute atomic E-state index is 0.0643. The molecule has 1 N–H and O–H groups in total. The van der Waals surface area contributed by atoms with Crippen molar-refractivity contribution in [2.45, 2.75) is 59.0 Å². The van der Waals surface area contributed by atoms with Crippen molar-refractivity contribution in [2.75, 3.05) is 26.7 Å². The van der Waals surface area contributed by atoms with E-state index in [4.69, 9.17) is 4.74 Å². The van der Waals surface area contributed by atoms with Crippen LogP contribution in [0.25, 0.3) is 0 Å². The number of aromatic nitrogens is 2. The fourth-order valence-electron chi connectivity index (χ4n) is 3.51. The highest BCUT2D eigenvalue weighted by Crippen LogP contribution is 2.28. The zero-order valence-electron chi connectivity index (χ0n) is 14.3.